The lowest BCUT2D eigenvalue weighted by atomic mass is 10.1. The fraction of sp³-hybridized carbons (Fsp3) is 0.179. The van der Waals surface area contributed by atoms with Crippen LogP contribution in [-0.2, 0) is 16.1 Å². The Morgan fingerprint density at radius 3 is 2.54 bits per heavy atom. The Bertz CT molecular complexity index is 1470. The molecule has 4 rings (SSSR count). The molecule has 1 aliphatic heterocycles. The fourth-order valence-electron chi connectivity index (χ4n) is 3.83. The first-order valence-electron chi connectivity index (χ1n) is 12.0. The van der Waals surface area contributed by atoms with Crippen LogP contribution in [0.4, 0.5) is 16.2 Å². The molecule has 3 aromatic rings. The molecule has 3 aromatic carbocycles. The number of nitro benzene ring substituents is 1. The molecule has 0 atom stereocenters. The molecule has 200 valence electrons. The smallest absolute Gasteiger partial charge is 0.293 e. The summed E-state index contributed by atoms with van der Waals surface area (Å²) in [5.41, 5.74) is 2.30. The van der Waals surface area contributed by atoms with Gasteiger partial charge in [0, 0.05) is 17.3 Å². The number of nitrogens with one attached hydrogen (secondary N) is 1. The molecule has 0 saturated carbocycles. The molecule has 1 saturated heterocycles. The van der Waals surface area contributed by atoms with E-state index in [1.807, 2.05) is 25.1 Å². The van der Waals surface area contributed by atoms with Gasteiger partial charge in [-0.15, -0.1) is 0 Å². The average molecular weight is 548 g/mol. The summed E-state index contributed by atoms with van der Waals surface area (Å²) in [4.78, 5) is 49.9. The third-order valence-electron chi connectivity index (χ3n) is 5.73. The molecule has 1 N–H and O–H groups in total. The molecule has 0 radical (unpaired) electrons. The van der Waals surface area contributed by atoms with Crippen LogP contribution in [0.25, 0.3) is 6.08 Å². The van der Waals surface area contributed by atoms with Crippen molar-refractivity contribution in [3.8, 4) is 11.5 Å². The average Bonchev–Trinajstić information content (AvgIpc) is 3.17. The summed E-state index contributed by atoms with van der Waals surface area (Å²) in [5, 5.41) is 13.6. The number of amides is 3. The van der Waals surface area contributed by atoms with E-state index in [-0.39, 0.29) is 35.2 Å². The van der Waals surface area contributed by atoms with Crippen LogP contribution in [0.1, 0.15) is 23.6 Å². The van der Waals surface area contributed by atoms with Crippen molar-refractivity contribution in [3.63, 3.8) is 0 Å². The number of para-hydroxylation sites is 2. The SMILES string of the molecule is CCOc1cc(/C=C2\SC(=O)N(Cc3ccccc3[N+](=O)[O-])C2=O)ccc1OCC(=O)Nc1ccccc1C. The van der Waals surface area contributed by atoms with Crippen LogP contribution in [-0.4, -0.2) is 40.1 Å². The number of ether oxygens (including phenoxy) is 2. The predicted molar refractivity (Wildman–Crippen MR) is 148 cm³/mol. The van der Waals surface area contributed by atoms with Crippen LogP contribution in [0.3, 0.4) is 0 Å². The summed E-state index contributed by atoms with van der Waals surface area (Å²) in [6, 6.07) is 18.3. The first-order valence-corrected chi connectivity index (χ1v) is 12.8. The molecule has 10 nitrogen and oxygen atoms in total. The van der Waals surface area contributed by atoms with Gasteiger partial charge in [-0.1, -0.05) is 42.5 Å². The molecule has 0 aliphatic carbocycles. The summed E-state index contributed by atoms with van der Waals surface area (Å²) in [6.07, 6.45) is 1.54. The van der Waals surface area contributed by atoms with Crippen LogP contribution >= 0.6 is 11.8 Å². The molecule has 1 heterocycles. The molecular formula is C28H25N3O7S. The number of aryl methyl sites for hydroxylation is 1. The van der Waals surface area contributed by atoms with Crippen molar-refractivity contribution in [1.82, 2.24) is 4.90 Å². The zero-order chi connectivity index (χ0) is 27.9. The summed E-state index contributed by atoms with van der Waals surface area (Å²) in [7, 11) is 0. The fourth-order valence-corrected chi connectivity index (χ4v) is 4.66. The molecular weight excluding hydrogens is 522 g/mol. The zero-order valence-corrected chi connectivity index (χ0v) is 22.0. The van der Waals surface area contributed by atoms with Crippen molar-refractivity contribution in [1.29, 1.82) is 0 Å². The molecule has 0 spiro atoms. The van der Waals surface area contributed by atoms with Crippen molar-refractivity contribution in [3.05, 3.63) is 98.4 Å². The van der Waals surface area contributed by atoms with Gasteiger partial charge < -0.3 is 14.8 Å². The minimum absolute atomic E-state index is 0.162. The van der Waals surface area contributed by atoms with Gasteiger partial charge in [-0.25, -0.2) is 0 Å². The van der Waals surface area contributed by atoms with E-state index < -0.39 is 16.1 Å². The number of carbonyl (C=O) groups is 3. The molecule has 0 unspecified atom stereocenters. The highest BCUT2D eigenvalue weighted by atomic mass is 32.2. The van der Waals surface area contributed by atoms with Gasteiger partial charge in [0.05, 0.1) is 23.0 Å². The topological polar surface area (TPSA) is 128 Å². The van der Waals surface area contributed by atoms with E-state index in [4.69, 9.17) is 9.47 Å². The van der Waals surface area contributed by atoms with Crippen LogP contribution in [0.15, 0.2) is 71.6 Å². The largest absolute Gasteiger partial charge is 0.490 e. The van der Waals surface area contributed by atoms with Gasteiger partial charge in [-0.3, -0.25) is 29.4 Å². The van der Waals surface area contributed by atoms with Gasteiger partial charge in [0.1, 0.15) is 0 Å². The third-order valence-corrected chi connectivity index (χ3v) is 6.64. The van der Waals surface area contributed by atoms with Gasteiger partial charge in [0.25, 0.3) is 22.7 Å². The highest BCUT2D eigenvalue weighted by molar-refractivity contribution is 8.18. The normalized spacial score (nSPS) is 14.0. The Morgan fingerprint density at radius 2 is 1.79 bits per heavy atom. The molecule has 1 fully saturated rings. The molecule has 0 aromatic heterocycles. The first kappa shape index (κ1) is 27.4. The number of nitro groups is 1. The van der Waals surface area contributed by atoms with Crippen molar-refractivity contribution in [2.45, 2.75) is 20.4 Å². The van der Waals surface area contributed by atoms with Gasteiger partial charge in [-0.05, 0) is 61.0 Å². The number of anilines is 1. The Labute approximate surface area is 228 Å². The maximum atomic E-state index is 13.0. The minimum atomic E-state index is -0.547. The maximum absolute atomic E-state index is 13.0. The summed E-state index contributed by atoms with van der Waals surface area (Å²) < 4.78 is 11.4. The van der Waals surface area contributed by atoms with E-state index in [9.17, 15) is 24.5 Å². The number of nitrogens with zero attached hydrogens (tertiary/aromatic N) is 2. The van der Waals surface area contributed by atoms with E-state index in [1.165, 1.54) is 18.2 Å². The quantitative estimate of drug-likeness (QED) is 0.199. The van der Waals surface area contributed by atoms with E-state index in [2.05, 4.69) is 5.32 Å². The number of rotatable bonds is 10. The lowest BCUT2D eigenvalue weighted by Crippen LogP contribution is -2.27. The van der Waals surface area contributed by atoms with Gasteiger partial charge >= 0.3 is 0 Å². The number of imide groups is 1. The summed E-state index contributed by atoms with van der Waals surface area (Å²) in [5.74, 6) is -0.162. The van der Waals surface area contributed by atoms with Crippen molar-refractivity contribution in [2.24, 2.45) is 0 Å². The zero-order valence-electron chi connectivity index (χ0n) is 21.2. The number of benzene rings is 3. The second-order valence-corrected chi connectivity index (χ2v) is 9.44. The van der Waals surface area contributed by atoms with Crippen molar-refractivity contribution >= 4 is 46.3 Å². The van der Waals surface area contributed by atoms with E-state index in [1.54, 1.807) is 43.3 Å². The number of carbonyl (C=O) groups excluding carboxylic acids is 3. The molecule has 3 amide bonds. The Morgan fingerprint density at radius 1 is 1.05 bits per heavy atom. The predicted octanol–water partition coefficient (Wildman–Crippen LogP) is 5.56. The number of hydrogen-bond donors (Lipinski definition) is 1. The molecule has 1 aliphatic rings. The highest BCUT2D eigenvalue weighted by Crippen LogP contribution is 2.36. The second kappa shape index (κ2) is 12.3. The molecule has 39 heavy (non-hydrogen) atoms. The molecule has 11 heteroatoms. The number of thioether (sulfide) groups is 1. The lowest BCUT2D eigenvalue weighted by molar-refractivity contribution is -0.385. The van der Waals surface area contributed by atoms with Gasteiger partial charge in [-0.2, -0.15) is 0 Å². The van der Waals surface area contributed by atoms with Crippen LogP contribution < -0.4 is 14.8 Å². The van der Waals surface area contributed by atoms with Crippen LogP contribution in [0.5, 0.6) is 11.5 Å². The standard InChI is InChI=1S/C28H25N3O7S/c1-3-37-24-14-19(12-13-23(24)38-17-26(32)29-21-10-6-4-8-18(21)2)15-25-27(33)30(28(34)39-25)16-20-9-5-7-11-22(20)31(35)36/h4-15H,3,16-17H2,1-2H3,(H,29,32)/b25-15-. The van der Waals surface area contributed by atoms with E-state index in [0.29, 0.717) is 29.4 Å². The maximum Gasteiger partial charge on any atom is 0.293 e. The van der Waals surface area contributed by atoms with Crippen LogP contribution in [0.2, 0.25) is 0 Å². The van der Waals surface area contributed by atoms with Crippen molar-refractivity contribution in [2.75, 3.05) is 18.5 Å². The number of hydrogen-bond acceptors (Lipinski definition) is 8. The third kappa shape index (κ3) is 6.63. The Hall–Kier alpha value is -4.64. The van der Waals surface area contributed by atoms with Crippen molar-refractivity contribution < 1.29 is 28.8 Å². The van der Waals surface area contributed by atoms with E-state index in [0.717, 1.165) is 22.2 Å². The second-order valence-electron chi connectivity index (χ2n) is 8.44. The minimum Gasteiger partial charge on any atom is -0.490 e. The summed E-state index contributed by atoms with van der Waals surface area (Å²) >= 11 is 0.753. The first-order chi connectivity index (χ1) is 18.8. The van der Waals surface area contributed by atoms with Gasteiger partial charge in [0.15, 0.2) is 18.1 Å². The lowest BCUT2D eigenvalue weighted by Gasteiger charge is -2.13. The Balaban J connectivity index is 1.47. The van der Waals surface area contributed by atoms with Gasteiger partial charge in [0.2, 0.25) is 0 Å². The molecule has 0 bridgehead atoms. The summed E-state index contributed by atoms with van der Waals surface area (Å²) in [6.45, 7) is 3.58. The monoisotopic (exact) mass is 547 g/mol. The van der Waals surface area contributed by atoms with Crippen LogP contribution in [0, 0.1) is 17.0 Å². The Kier molecular flexibility index (Phi) is 8.62. The van der Waals surface area contributed by atoms with E-state index >= 15 is 0 Å². The highest BCUT2D eigenvalue weighted by Gasteiger charge is 2.36.